The molecule has 0 fully saturated rings. The summed E-state index contributed by atoms with van der Waals surface area (Å²) in [5.74, 6) is 0.296. The van der Waals surface area contributed by atoms with E-state index in [2.05, 4.69) is 4.99 Å². The Bertz CT molecular complexity index is 777. The van der Waals surface area contributed by atoms with Gasteiger partial charge in [0.1, 0.15) is 5.84 Å². The van der Waals surface area contributed by atoms with Gasteiger partial charge in [-0.05, 0) is 42.8 Å². The summed E-state index contributed by atoms with van der Waals surface area (Å²) in [6, 6.07) is 11.7. The number of aliphatic imine (C=N–C) groups is 1. The van der Waals surface area contributed by atoms with Crippen molar-refractivity contribution in [3.05, 3.63) is 58.6 Å². The van der Waals surface area contributed by atoms with Crippen LogP contribution in [0.4, 0.5) is 5.69 Å². The molecule has 0 unspecified atom stereocenters. The van der Waals surface area contributed by atoms with Crippen molar-refractivity contribution in [3.8, 4) is 0 Å². The molecule has 2 rings (SSSR count). The van der Waals surface area contributed by atoms with Crippen molar-refractivity contribution in [1.29, 1.82) is 0 Å². The van der Waals surface area contributed by atoms with E-state index in [1.165, 1.54) is 12.1 Å². The molecule has 0 atom stereocenters. The minimum Gasteiger partial charge on any atom is -0.383 e. The number of rotatable bonds is 3. The second-order valence-electron chi connectivity index (χ2n) is 4.69. The molecule has 2 aromatic rings. The average Bonchev–Trinajstić information content (AvgIpc) is 2.38. The molecule has 0 aliphatic heterocycles. The standard InChI is InChI=1S/C15H15ClN2O2S/c1-10-4-3-5-13(16)14(10)15(17)18-11-6-8-12(9-7-11)21(2,19)20/h3-9H,1-2H3,(H2,17,18). The zero-order chi connectivity index (χ0) is 15.6. The van der Waals surface area contributed by atoms with Crippen LogP contribution in [0.3, 0.4) is 0 Å². The highest BCUT2D eigenvalue weighted by molar-refractivity contribution is 7.90. The van der Waals surface area contributed by atoms with Gasteiger partial charge in [-0.3, -0.25) is 0 Å². The maximum absolute atomic E-state index is 11.4. The molecule has 0 spiro atoms. The minimum atomic E-state index is -3.21. The molecular formula is C15H15ClN2O2S. The number of hydrogen-bond acceptors (Lipinski definition) is 3. The molecule has 0 bridgehead atoms. The van der Waals surface area contributed by atoms with Crippen LogP contribution in [0, 0.1) is 6.92 Å². The fourth-order valence-corrected chi connectivity index (χ4v) is 2.87. The highest BCUT2D eigenvalue weighted by atomic mass is 35.5. The van der Waals surface area contributed by atoms with Crippen LogP contribution in [0.2, 0.25) is 5.02 Å². The monoisotopic (exact) mass is 322 g/mol. The van der Waals surface area contributed by atoms with Gasteiger partial charge in [0.2, 0.25) is 0 Å². The number of aryl methyl sites for hydroxylation is 1. The molecule has 0 amide bonds. The molecule has 0 aliphatic carbocycles. The first-order valence-electron chi connectivity index (χ1n) is 6.19. The molecule has 0 aromatic heterocycles. The van der Waals surface area contributed by atoms with E-state index in [0.29, 0.717) is 22.1 Å². The van der Waals surface area contributed by atoms with Crippen LogP contribution in [0.25, 0.3) is 0 Å². The van der Waals surface area contributed by atoms with E-state index in [4.69, 9.17) is 17.3 Å². The lowest BCUT2D eigenvalue weighted by molar-refractivity contribution is 0.602. The second-order valence-corrected chi connectivity index (χ2v) is 7.12. The van der Waals surface area contributed by atoms with Crippen molar-refractivity contribution in [2.24, 2.45) is 10.7 Å². The number of nitrogens with two attached hydrogens (primary N) is 1. The molecule has 0 radical (unpaired) electrons. The van der Waals surface area contributed by atoms with Crippen molar-refractivity contribution in [2.75, 3.05) is 6.26 Å². The number of sulfone groups is 1. The number of benzene rings is 2. The van der Waals surface area contributed by atoms with Gasteiger partial charge in [0, 0.05) is 11.8 Å². The van der Waals surface area contributed by atoms with Gasteiger partial charge < -0.3 is 5.73 Å². The Morgan fingerprint density at radius 1 is 1.14 bits per heavy atom. The van der Waals surface area contributed by atoms with E-state index in [1.807, 2.05) is 19.1 Å². The van der Waals surface area contributed by atoms with Crippen molar-refractivity contribution in [1.82, 2.24) is 0 Å². The third-order valence-electron chi connectivity index (χ3n) is 2.99. The predicted molar refractivity (Wildman–Crippen MR) is 86.1 cm³/mol. The normalized spacial score (nSPS) is 12.4. The van der Waals surface area contributed by atoms with E-state index < -0.39 is 9.84 Å². The molecule has 0 aliphatic rings. The zero-order valence-corrected chi connectivity index (χ0v) is 13.2. The summed E-state index contributed by atoms with van der Waals surface area (Å²) < 4.78 is 22.8. The molecule has 0 saturated carbocycles. The molecule has 2 aromatic carbocycles. The molecule has 110 valence electrons. The summed E-state index contributed by atoms with van der Waals surface area (Å²) >= 11 is 6.14. The Morgan fingerprint density at radius 2 is 1.76 bits per heavy atom. The van der Waals surface area contributed by atoms with Crippen LogP contribution in [-0.2, 0) is 9.84 Å². The molecule has 2 N–H and O–H groups in total. The third-order valence-corrected chi connectivity index (χ3v) is 4.44. The van der Waals surface area contributed by atoms with Crippen LogP contribution in [0.1, 0.15) is 11.1 Å². The topological polar surface area (TPSA) is 72.5 Å². The minimum absolute atomic E-state index is 0.244. The molecule has 21 heavy (non-hydrogen) atoms. The summed E-state index contributed by atoms with van der Waals surface area (Å²) in [6.45, 7) is 1.90. The molecular weight excluding hydrogens is 308 g/mol. The lowest BCUT2D eigenvalue weighted by Gasteiger charge is -2.07. The van der Waals surface area contributed by atoms with Crippen molar-refractivity contribution in [3.63, 3.8) is 0 Å². The van der Waals surface area contributed by atoms with E-state index >= 15 is 0 Å². The molecule has 4 nitrogen and oxygen atoms in total. The Labute approximate surface area is 129 Å². The molecule has 0 heterocycles. The van der Waals surface area contributed by atoms with Crippen LogP contribution < -0.4 is 5.73 Å². The highest BCUT2D eigenvalue weighted by Gasteiger charge is 2.09. The predicted octanol–water partition coefficient (Wildman–Crippen LogP) is 3.09. The number of halogens is 1. The maximum Gasteiger partial charge on any atom is 0.175 e. The maximum atomic E-state index is 11.4. The van der Waals surface area contributed by atoms with Crippen molar-refractivity contribution < 1.29 is 8.42 Å². The van der Waals surface area contributed by atoms with Crippen LogP contribution in [0.5, 0.6) is 0 Å². The van der Waals surface area contributed by atoms with Crippen LogP contribution in [-0.4, -0.2) is 20.5 Å². The smallest absolute Gasteiger partial charge is 0.175 e. The van der Waals surface area contributed by atoms with Gasteiger partial charge in [0.15, 0.2) is 9.84 Å². The Balaban J connectivity index is 2.40. The van der Waals surface area contributed by atoms with Gasteiger partial charge in [-0.15, -0.1) is 0 Å². The summed E-state index contributed by atoms with van der Waals surface area (Å²) in [6.07, 6.45) is 1.16. The molecule has 6 heteroatoms. The summed E-state index contributed by atoms with van der Waals surface area (Å²) in [4.78, 5) is 4.53. The molecule has 0 saturated heterocycles. The number of hydrogen-bond donors (Lipinski definition) is 1. The van der Waals surface area contributed by atoms with Gasteiger partial charge >= 0.3 is 0 Å². The Hall–Kier alpha value is -1.85. The third kappa shape index (κ3) is 3.62. The number of amidine groups is 1. The van der Waals surface area contributed by atoms with E-state index in [-0.39, 0.29) is 4.90 Å². The average molecular weight is 323 g/mol. The zero-order valence-electron chi connectivity index (χ0n) is 11.7. The quantitative estimate of drug-likeness (QED) is 0.697. The first-order chi connectivity index (χ1) is 9.79. The summed E-state index contributed by atoms with van der Waals surface area (Å²) in [5, 5.41) is 0.531. The first kappa shape index (κ1) is 15.5. The lowest BCUT2D eigenvalue weighted by atomic mass is 10.1. The fraction of sp³-hybridized carbons (Fsp3) is 0.133. The van der Waals surface area contributed by atoms with Gasteiger partial charge in [-0.1, -0.05) is 23.7 Å². The Morgan fingerprint density at radius 3 is 2.29 bits per heavy atom. The summed E-state index contributed by atoms with van der Waals surface area (Å²) in [5.41, 5.74) is 8.18. The largest absolute Gasteiger partial charge is 0.383 e. The van der Waals surface area contributed by atoms with E-state index in [0.717, 1.165) is 11.8 Å². The Kier molecular flexibility index (Phi) is 4.34. The first-order valence-corrected chi connectivity index (χ1v) is 8.46. The van der Waals surface area contributed by atoms with Crippen LogP contribution >= 0.6 is 11.6 Å². The summed E-state index contributed by atoms with van der Waals surface area (Å²) in [7, 11) is -3.21. The highest BCUT2D eigenvalue weighted by Crippen LogP contribution is 2.22. The fourth-order valence-electron chi connectivity index (χ4n) is 1.92. The van der Waals surface area contributed by atoms with E-state index in [9.17, 15) is 8.42 Å². The van der Waals surface area contributed by atoms with Gasteiger partial charge in [-0.2, -0.15) is 0 Å². The van der Waals surface area contributed by atoms with Crippen molar-refractivity contribution >= 4 is 33.0 Å². The van der Waals surface area contributed by atoms with Gasteiger partial charge in [0.25, 0.3) is 0 Å². The second kappa shape index (κ2) is 5.87. The SMILES string of the molecule is Cc1cccc(Cl)c1C(N)=Nc1ccc(S(C)(=O)=O)cc1. The lowest BCUT2D eigenvalue weighted by Crippen LogP contribution is -2.15. The van der Waals surface area contributed by atoms with Crippen molar-refractivity contribution in [2.45, 2.75) is 11.8 Å². The van der Waals surface area contributed by atoms with Gasteiger partial charge in [-0.25, -0.2) is 13.4 Å². The van der Waals surface area contributed by atoms with E-state index in [1.54, 1.807) is 18.2 Å². The number of nitrogens with zero attached hydrogens (tertiary/aromatic N) is 1. The van der Waals surface area contributed by atoms with Crippen LogP contribution in [0.15, 0.2) is 52.4 Å². The van der Waals surface area contributed by atoms with Gasteiger partial charge in [0.05, 0.1) is 15.6 Å².